The predicted octanol–water partition coefficient (Wildman–Crippen LogP) is 1.78. The van der Waals surface area contributed by atoms with Crippen LogP contribution in [-0.4, -0.2) is 29.0 Å². The van der Waals surface area contributed by atoms with E-state index in [2.05, 4.69) is 5.32 Å². The summed E-state index contributed by atoms with van der Waals surface area (Å²) < 4.78 is 1.58. The molecular weight excluding hydrogens is 330 g/mol. The van der Waals surface area contributed by atoms with E-state index in [1.54, 1.807) is 15.5 Å². The summed E-state index contributed by atoms with van der Waals surface area (Å²) in [5, 5.41) is 2.92. The maximum atomic E-state index is 12.3. The van der Waals surface area contributed by atoms with E-state index in [1.807, 2.05) is 44.2 Å². The number of hydrogen-bond donors (Lipinski definition) is 1. The minimum absolute atomic E-state index is 0.0102. The van der Waals surface area contributed by atoms with Crippen molar-refractivity contribution in [3.63, 3.8) is 0 Å². The van der Waals surface area contributed by atoms with Gasteiger partial charge in [-0.05, 0) is 37.6 Å². The molecule has 2 aromatic rings. The van der Waals surface area contributed by atoms with Crippen molar-refractivity contribution in [3.05, 3.63) is 64.1 Å². The highest BCUT2D eigenvalue weighted by atomic mass is 16.2. The van der Waals surface area contributed by atoms with Crippen molar-refractivity contribution < 1.29 is 9.59 Å². The first-order chi connectivity index (χ1) is 12.4. The molecule has 1 aliphatic rings. The van der Waals surface area contributed by atoms with Gasteiger partial charge < -0.3 is 14.8 Å². The van der Waals surface area contributed by atoms with Gasteiger partial charge in [0.15, 0.2) is 0 Å². The lowest BCUT2D eigenvalue weighted by atomic mass is 10.2. The van der Waals surface area contributed by atoms with Crippen molar-refractivity contribution in [2.24, 2.45) is 0 Å². The Kier molecular flexibility index (Phi) is 5.21. The van der Waals surface area contributed by atoms with Gasteiger partial charge in [-0.15, -0.1) is 0 Å². The smallest absolute Gasteiger partial charge is 0.250 e. The van der Waals surface area contributed by atoms with E-state index in [9.17, 15) is 14.4 Å². The van der Waals surface area contributed by atoms with Crippen LogP contribution in [0.1, 0.15) is 24.1 Å². The van der Waals surface area contributed by atoms with Crippen LogP contribution in [-0.2, 0) is 16.1 Å². The zero-order chi connectivity index (χ0) is 18.7. The molecule has 0 aliphatic carbocycles. The Morgan fingerprint density at radius 1 is 1.15 bits per heavy atom. The Bertz CT molecular complexity index is 888. The number of nitrogens with one attached hydrogen (secondary N) is 1. The molecule has 1 atom stereocenters. The number of rotatable bonds is 5. The Morgan fingerprint density at radius 3 is 2.65 bits per heavy atom. The molecule has 6 nitrogen and oxygen atoms in total. The van der Waals surface area contributed by atoms with Crippen molar-refractivity contribution in [1.82, 2.24) is 9.88 Å². The van der Waals surface area contributed by atoms with Crippen molar-refractivity contribution in [1.29, 1.82) is 0 Å². The van der Waals surface area contributed by atoms with Crippen LogP contribution in [0.4, 0.5) is 5.69 Å². The Labute approximate surface area is 152 Å². The van der Waals surface area contributed by atoms with Gasteiger partial charge >= 0.3 is 0 Å². The third kappa shape index (κ3) is 4.02. The van der Waals surface area contributed by atoms with Crippen LogP contribution in [0.2, 0.25) is 0 Å². The lowest BCUT2D eigenvalue weighted by Crippen LogP contribution is -2.38. The Hall–Kier alpha value is -2.89. The fraction of sp³-hybridized carbons (Fsp3) is 0.350. The molecule has 0 bridgehead atoms. The third-order valence-corrected chi connectivity index (χ3v) is 4.63. The third-order valence-electron chi connectivity index (χ3n) is 4.63. The van der Waals surface area contributed by atoms with E-state index >= 15 is 0 Å². The highest BCUT2D eigenvalue weighted by molar-refractivity contribution is 5.96. The van der Waals surface area contributed by atoms with Gasteiger partial charge in [-0.25, -0.2) is 0 Å². The van der Waals surface area contributed by atoms with Crippen LogP contribution >= 0.6 is 0 Å². The number of nitrogens with zero attached hydrogens (tertiary/aromatic N) is 2. The van der Waals surface area contributed by atoms with E-state index in [0.29, 0.717) is 19.5 Å². The van der Waals surface area contributed by atoms with E-state index in [1.165, 1.54) is 6.07 Å². The molecule has 136 valence electrons. The monoisotopic (exact) mass is 353 g/mol. The first-order valence-electron chi connectivity index (χ1n) is 8.77. The van der Waals surface area contributed by atoms with E-state index in [4.69, 9.17) is 0 Å². The summed E-state index contributed by atoms with van der Waals surface area (Å²) in [5.74, 6) is -0.139. The number of aryl methyl sites for hydroxylation is 2. The molecular formula is C20H23N3O3. The minimum Gasteiger partial charge on any atom is -0.351 e. The summed E-state index contributed by atoms with van der Waals surface area (Å²) in [6, 6.07) is 12.6. The maximum absolute atomic E-state index is 12.3. The van der Waals surface area contributed by atoms with Crippen LogP contribution in [0, 0.1) is 13.8 Å². The minimum atomic E-state index is -0.205. The van der Waals surface area contributed by atoms with Gasteiger partial charge in [-0.3, -0.25) is 14.4 Å². The SMILES string of the molecule is Cc1cccc(N2C[C@H](NC(=O)CCn3c(C)cccc3=O)CC2=O)c1. The average molecular weight is 353 g/mol. The lowest BCUT2D eigenvalue weighted by Gasteiger charge is -2.18. The molecule has 2 heterocycles. The van der Waals surface area contributed by atoms with E-state index < -0.39 is 0 Å². The van der Waals surface area contributed by atoms with Crippen LogP contribution in [0.15, 0.2) is 47.3 Å². The first kappa shape index (κ1) is 17.9. The quantitative estimate of drug-likeness (QED) is 0.891. The van der Waals surface area contributed by atoms with Crippen molar-refractivity contribution in [2.75, 3.05) is 11.4 Å². The van der Waals surface area contributed by atoms with Crippen molar-refractivity contribution in [3.8, 4) is 0 Å². The normalized spacial score (nSPS) is 16.8. The zero-order valence-electron chi connectivity index (χ0n) is 15.1. The molecule has 0 unspecified atom stereocenters. The molecule has 0 radical (unpaired) electrons. The van der Waals surface area contributed by atoms with Gasteiger partial charge in [0.1, 0.15) is 0 Å². The van der Waals surface area contributed by atoms with Gasteiger partial charge in [0.05, 0.1) is 6.04 Å². The summed E-state index contributed by atoms with van der Waals surface area (Å²) in [6.07, 6.45) is 0.504. The Balaban J connectivity index is 1.57. The highest BCUT2D eigenvalue weighted by Crippen LogP contribution is 2.22. The summed E-state index contributed by atoms with van der Waals surface area (Å²) in [7, 11) is 0. The number of hydrogen-bond acceptors (Lipinski definition) is 3. The molecule has 26 heavy (non-hydrogen) atoms. The molecule has 3 rings (SSSR count). The fourth-order valence-corrected chi connectivity index (χ4v) is 3.27. The van der Waals surface area contributed by atoms with Gasteiger partial charge in [0.25, 0.3) is 5.56 Å². The number of pyridine rings is 1. The summed E-state index contributed by atoms with van der Waals surface area (Å²) in [5.41, 5.74) is 2.66. The molecule has 2 amide bonds. The second-order valence-corrected chi connectivity index (χ2v) is 6.72. The maximum Gasteiger partial charge on any atom is 0.250 e. The number of carbonyl (C=O) groups is 2. The van der Waals surface area contributed by atoms with Crippen LogP contribution in [0.5, 0.6) is 0 Å². The number of benzene rings is 1. The highest BCUT2D eigenvalue weighted by Gasteiger charge is 2.31. The number of anilines is 1. The molecule has 1 aromatic carbocycles. The molecule has 1 fully saturated rings. The van der Waals surface area contributed by atoms with Crippen LogP contribution in [0.25, 0.3) is 0 Å². The van der Waals surface area contributed by atoms with Gasteiger partial charge in [-0.1, -0.05) is 18.2 Å². The first-order valence-corrected chi connectivity index (χ1v) is 8.77. The summed E-state index contributed by atoms with van der Waals surface area (Å²) in [6.45, 7) is 4.63. The average Bonchev–Trinajstić information content (AvgIpc) is 2.94. The predicted molar refractivity (Wildman–Crippen MR) is 100 cm³/mol. The number of amides is 2. The van der Waals surface area contributed by atoms with Gasteiger partial charge in [0, 0.05) is 43.4 Å². The number of carbonyl (C=O) groups excluding carboxylic acids is 2. The molecule has 6 heteroatoms. The van der Waals surface area contributed by atoms with Crippen LogP contribution in [0.3, 0.4) is 0 Å². The van der Waals surface area contributed by atoms with Crippen molar-refractivity contribution >= 4 is 17.5 Å². The number of aromatic nitrogens is 1. The second-order valence-electron chi connectivity index (χ2n) is 6.72. The molecule has 0 spiro atoms. The van der Waals surface area contributed by atoms with Gasteiger partial charge in [0.2, 0.25) is 11.8 Å². The zero-order valence-corrected chi connectivity index (χ0v) is 15.1. The van der Waals surface area contributed by atoms with Crippen molar-refractivity contribution in [2.45, 2.75) is 39.3 Å². The topological polar surface area (TPSA) is 71.4 Å². The Morgan fingerprint density at radius 2 is 1.92 bits per heavy atom. The summed E-state index contributed by atoms with van der Waals surface area (Å²) in [4.78, 5) is 38.1. The standard InChI is InChI=1S/C20H23N3O3/c1-14-5-3-7-17(11-14)23-13-16(12-20(23)26)21-18(24)9-10-22-15(2)6-4-8-19(22)25/h3-8,11,16H,9-10,12-13H2,1-2H3,(H,21,24)/t16-/m1/s1. The fourth-order valence-electron chi connectivity index (χ4n) is 3.27. The lowest BCUT2D eigenvalue weighted by molar-refractivity contribution is -0.122. The van der Waals surface area contributed by atoms with E-state index in [0.717, 1.165) is 16.9 Å². The molecule has 1 saturated heterocycles. The van der Waals surface area contributed by atoms with Crippen LogP contribution < -0.4 is 15.8 Å². The van der Waals surface area contributed by atoms with E-state index in [-0.39, 0.29) is 29.8 Å². The molecule has 1 aliphatic heterocycles. The molecule has 0 saturated carbocycles. The second kappa shape index (κ2) is 7.56. The van der Waals surface area contributed by atoms with Gasteiger partial charge in [-0.2, -0.15) is 0 Å². The largest absolute Gasteiger partial charge is 0.351 e. The summed E-state index contributed by atoms with van der Waals surface area (Å²) >= 11 is 0. The molecule has 1 N–H and O–H groups in total. The molecule has 1 aromatic heterocycles.